The van der Waals surface area contributed by atoms with E-state index in [4.69, 9.17) is 16.3 Å². The molecule has 0 saturated carbocycles. The highest BCUT2D eigenvalue weighted by Gasteiger charge is 2.37. The fourth-order valence-electron chi connectivity index (χ4n) is 3.75. The van der Waals surface area contributed by atoms with E-state index in [1.54, 1.807) is 31.2 Å². The lowest BCUT2D eigenvalue weighted by Crippen LogP contribution is -2.36. The van der Waals surface area contributed by atoms with E-state index >= 15 is 0 Å². The van der Waals surface area contributed by atoms with Crippen molar-refractivity contribution in [2.45, 2.75) is 32.6 Å². The van der Waals surface area contributed by atoms with Crippen LogP contribution in [0.5, 0.6) is 0 Å². The molecule has 2 heterocycles. The quantitative estimate of drug-likeness (QED) is 0.433. The van der Waals surface area contributed by atoms with Crippen molar-refractivity contribution >= 4 is 68.8 Å². The number of aryl methyl sites for hydroxylation is 1. The molecule has 1 aliphatic carbocycles. The second-order valence-electron chi connectivity index (χ2n) is 7.47. The maximum Gasteiger partial charge on any atom is 0.341 e. The number of thiophene rings is 1. The van der Waals surface area contributed by atoms with Gasteiger partial charge in [0.2, 0.25) is 5.91 Å². The Hall–Kier alpha value is -2.62. The number of halogens is 1. The Morgan fingerprint density at radius 2 is 1.97 bits per heavy atom. The first kappa shape index (κ1) is 23.5. The molecule has 33 heavy (non-hydrogen) atoms. The van der Waals surface area contributed by atoms with Crippen LogP contribution in [0.4, 0.5) is 9.80 Å². The molecule has 2 aromatic rings. The molecule has 1 aromatic carbocycles. The largest absolute Gasteiger partial charge is 0.462 e. The number of ether oxygens (including phenoxy) is 1. The highest BCUT2D eigenvalue weighted by Crippen LogP contribution is 2.39. The first-order valence-corrected chi connectivity index (χ1v) is 12.5. The van der Waals surface area contributed by atoms with Crippen LogP contribution in [0.25, 0.3) is 6.08 Å². The number of fused-ring (bicyclic) bond motifs is 1. The van der Waals surface area contributed by atoms with Crippen LogP contribution in [-0.4, -0.2) is 41.1 Å². The summed E-state index contributed by atoms with van der Waals surface area (Å²) in [6.07, 6.45) is 5.14. The molecule has 0 bridgehead atoms. The number of carbonyl (C=O) groups excluding carboxylic acids is 4. The van der Waals surface area contributed by atoms with Gasteiger partial charge in [-0.2, -0.15) is 0 Å². The number of amides is 3. The number of anilines is 1. The average Bonchev–Trinajstić information content (AvgIpc) is 3.27. The zero-order valence-corrected chi connectivity index (χ0v) is 20.2. The summed E-state index contributed by atoms with van der Waals surface area (Å²) in [4.78, 5) is 52.7. The number of carbonyl (C=O) groups is 4. The molecule has 1 aliphatic heterocycles. The Kier molecular flexibility index (Phi) is 7.21. The third-order valence-corrected chi connectivity index (χ3v) is 7.73. The smallest absolute Gasteiger partial charge is 0.341 e. The van der Waals surface area contributed by atoms with Gasteiger partial charge < -0.3 is 10.1 Å². The molecule has 1 fully saturated rings. The number of benzene rings is 1. The maximum absolute atomic E-state index is 12.8. The molecule has 1 aromatic heterocycles. The van der Waals surface area contributed by atoms with Gasteiger partial charge in [0.15, 0.2) is 0 Å². The minimum absolute atomic E-state index is 0.194. The fraction of sp³-hybridized carbons (Fsp3) is 0.304. The van der Waals surface area contributed by atoms with Gasteiger partial charge in [-0.25, -0.2) is 4.79 Å². The van der Waals surface area contributed by atoms with Crippen LogP contribution < -0.4 is 5.32 Å². The van der Waals surface area contributed by atoms with Gasteiger partial charge in [-0.3, -0.25) is 19.3 Å². The molecule has 0 radical (unpaired) electrons. The van der Waals surface area contributed by atoms with Gasteiger partial charge in [0.05, 0.1) is 17.1 Å². The van der Waals surface area contributed by atoms with Gasteiger partial charge in [0.1, 0.15) is 11.5 Å². The summed E-state index contributed by atoms with van der Waals surface area (Å²) >= 11 is 8.25. The van der Waals surface area contributed by atoms with Gasteiger partial charge >= 0.3 is 5.97 Å². The van der Waals surface area contributed by atoms with Crippen molar-refractivity contribution in [2.75, 3.05) is 18.5 Å². The summed E-state index contributed by atoms with van der Waals surface area (Å²) in [7, 11) is 0. The van der Waals surface area contributed by atoms with Gasteiger partial charge in [-0.1, -0.05) is 29.8 Å². The van der Waals surface area contributed by atoms with E-state index in [2.05, 4.69) is 5.32 Å². The van der Waals surface area contributed by atoms with Crippen LogP contribution in [0.15, 0.2) is 29.2 Å². The second-order valence-corrected chi connectivity index (χ2v) is 9.98. The predicted octanol–water partition coefficient (Wildman–Crippen LogP) is 5.13. The molecule has 3 amide bonds. The van der Waals surface area contributed by atoms with E-state index in [1.165, 1.54) is 17.4 Å². The summed E-state index contributed by atoms with van der Waals surface area (Å²) in [6, 6.07) is 6.96. The Bertz CT molecular complexity index is 1170. The van der Waals surface area contributed by atoms with E-state index in [1.807, 2.05) is 0 Å². The first-order valence-electron chi connectivity index (χ1n) is 10.5. The van der Waals surface area contributed by atoms with Crippen molar-refractivity contribution in [3.63, 3.8) is 0 Å². The van der Waals surface area contributed by atoms with Crippen molar-refractivity contribution in [2.24, 2.45) is 0 Å². The monoisotopic (exact) mass is 504 g/mol. The lowest BCUT2D eigenvalue weighted by molar-refractivity contribution is -0.127. The second kappa shape index (κ2) is 10.1. The Labute approximate surface area is 204 Å². The van der Waals surface area contributed by atoms with Crippen molar-refractivity contribution in [3.05, 3.63) is 55.8 Å². The molecule has 0 spiro atoms. The van der Waals surface area contributed by atoms with Crippen molar-refractivity contribution in [1.82, 2.24) is 4.90 Å². The molecule has 2 aliphatic rings. The third-order valence-electron chi connectivity index (χ3n) is 5.27. The highest BCUT2D eigenvalue weighted by molar-refractivity contribution is 8.18. The van der Waals surface area contributed by atoms with Gasteiger partial charge in [-0.15, -0.1) is 11.3 Å². The molecule has 4 rings (SSSR count). The molecule has 1 saturated heterocycles. The normalized spacial score (nSPS) is 16.8. The number of nitrogens with zero attached hydrogens (tertiary/aromatic N) is 1. The lowest BCUT2D eigenvalue weighted by Gasteiger charge is -2.13. The number of esters is 1. The number of hydrogen-bond donors (Lipinski definition) is 1. The molecule has 1 N–H and O–H groups in total. The number of hydrogen-bond acceptors (Lipinski definition) is 7. The van der Waals surface area contributed by atoms with Crippen molar-refractivity contribution < 1.29 is 23.9 Å². The minimum atomic E-state index is -0.559. The summed E-state index contributed by atoms with van der Waals surface area (Å²) in [6.45, 7) is 1.51. The Morgan fingerprint density at radius 1 is 1.21 bits per heavy atom. The van der Waals surface area contributed by atoms with E-state index in [0.29, 0.717) is 21.2 Å². The van der Waals surface area contributed by atoms with Crippen LogP contribution in [0.2, 0.25) is 5.02 Å². The number of nitrogens with one attached hydrogen (secondary N) is 1. The summed E-state index contributed by atoms with van der Waals surface area (Å²) < 4.78 is 5.20. The molecule has 0 atom stereocenters. The first-order chi connectivity index (χ1) is 15.9. The fourth-order valence-corrected chi connectivity index (χ4v) is 6.07. The van der Waals surface area contributed by atoms with E-state index in [-0.39, 0.29) is 11.5 Å². The topological polar surface area (TPSA) is 92.8 Å². The van der Waals surface area contributed by atoms with Crippen molar-refractivity contribution in [1.29, 1.82) is 0 Å². The standard InChI is InChI=1S/C23H21ClN2O5S2/c1-2-31-22(29)19-14-8-4-6-10-16(14)32-20(19)25-18(27)12-26-21(28)17(33-23(26)30)11-13-7-3-5-9-15(13)24/h3,5,7,9,11H,2,4,6,8,10,12H2,1H3,(H,25,27). The lowest BCUT2D eigenvalue weighted by atomic mass is 9.95. The SMILES string of the molecule is CCOC(=O)c1c(NC(=O)CN2C(=O)SC(=Cc3ccccc3Cl)C2=O)sc2c1CCCC2. The molecular formula is C23H21ClN2O5S2. The van der Waals surface area contributed by atoms with Crippen molar-refractivity contribution in [3.8, 4) is 0 Å². The molecular weight excluding hydrogens is 484 g/mol. The summed E-state index contributed by atoms with van der Waals surface area (Å²) in [5, 5.41) is 3.05. The zero-order valence-electron chi connectivity index (χ0n) is 17.8. The van der Waals surface area contributed by atoms with Gasteiger partial charge in [0.25, 0.3) is 11.1 Å². The number of thioether (sulfide) groups is 1. The molecule has 7 nitrogen and oxygen atoms in total. The predicted molar refractivity (Wildman–Crippen MR) is 130 cm³/mol. The molecule has 0 unspecified atom stereocenters. The minimum Gasteiger partial charge on any atom is -0.462 e. The summed E-state index contributed by atoms with van der Waals surface area (Å²) in [5.74, 6) is -1.59. The zero-order chi connectivity index (χ0) is 23.5. The Morgan fingerprint density at radius 3 is 2.73 bits per heavy atom. The molecule has 10 heteroatoms. The van der Waals surface area contributed by atoms with E-state index < -0.39 is 29.6 Å². The number of imide groups is 1. The Balaban J connectivity index is 1.51. The maximum atomic E-state index is 12.8. The van der Waals surface area contributed by atoms with Crippen LogP contribution in [0.1, 0.15) is 46.1 Å². The summed E-state index contributed by atoms with van der Waals surface area (Å²) in [5.41, 5.74) is 1.92. The van der Waals surface area contributed by atoms with Gasteiger partial charge in [-0.05, 0) is 67.6 Å². The highest BCUT2D eigenvalue weighted by atomic mass is 35.5. The van der Waals surface area contributed by atoms with E-state index in [0.717, 1.165) is 52.8 Å². The number of rotatable bonds is 6. The van der Waals surface area contributed by atoms with Crippen LogP contribution in [-0.2, 0) is 27.2 Å². The average molecular weight is 505 g/mol. The van der Waals surface area contributed by atoms with Crippen LogP contribution >= 0.6 is 34.7 Å². The van der Waals surface area contributed by atoms with Gasteiger partial charge in [0, 0.05) is 9.90 Å². The van der Waals surface area contributed by atoms with E-state index in [9.17, 15) is 19.2 Å². The molecule has 172 valence electrons. The van der Waals surface area contributed by atoms with Crippen LogP contribution in [0, 0.1) is 0 Å². The third kappa shape index (κ3) is 5.00. The van der Waals surface area contributed by atoms with Crippen LogP contribution in [0.3, 0.4) is 0 Å².